The quantitative estimate of drug-likeness (QED) is 0.835. The molecule has 1 aromatic heterocycles. The van der Waals surface area contributed by atoms with Crippen LogP contribution in [-0.2, 0) is 4.74 Å². The second-order valence-corrected chi connectivity index (χ2v) is 5.17. The molecule has 0 saturated carbocycles. The van der Waals surface area contributed by atoms with Gasteiger partial charge in [0.25, 0.3) is 0 Å². The molecule has 0 atom stereocenters. The first-order chi connectivity index (χ1) is 9.28. The lowest BCUT2D eigenvalue weighted by molar-refractivity contribution is 0.0634. The predicted octanol–water partition coefficient (Wildman–Crippen LogP) is 2.91. The van der Waals surface area contributed by atoms with Crippen LogP contribution < -0.4 is 5.32 Å². The van der Waals surface area contributed by atoms with Crippen molar-refractivity contribution < 1.29 is 19.4 Å². The fourth-order valence-electron chi connectivity index (χ4n) is 1.70. The van der Waals surface area contributed by atoms with Crippen LogP contribution in [0.5, 0.6) is 0 Å². The van der Waals surface area contributed by atoms with Crippen LogP contribution in [0.4, 0.5) is 15.5 Å². The molecule has 20 heavy (non-hydrogen) atoms. The predicted molar refractivity (Wildman–Crippen MR) is 73.0 cm³/mol. The third kappa shape index (κ3) is 2.87. The van der Waals surface area contributed by atoms with Crippen LogP contribution in [0.25, 0.3) is 11.0 Å². The molecule has 0 radical (unpaired) electrons. The number of ether oxygens (including phenoxy) is 1. The molecule has 2 N–H and O–H groups in total. The highest BCUT2D eigenvalue weighted by Gasteiger charge is 2.21. The summed E-state index contributed by atoms with van der Waals surface area (Å²) in [6, 6.07) is 6.70. The van der Waals surface area contributed by atoms with E-state index in [0.29, 0.717) is 11.0 Å². The summed E-state index contributed by atoms with van der Waals surface area (Å²) in [6.07, 6.45) is -1.99. The Balaban J connectivity index is 2.37. The summed E-state index contributed by atoms with van der Waals surface area (Å²) in [7, 11) is 0. The average molecular weight is 277 g/mol. The minimum Gasteiger partial charge on any atom is -0.464 e. The number of fused-ring (bicyclic) bond motifs is 1. The van der Waals surface area contributed by atoms with Gasteiger partial charge in [-0.3, -0.25) is 5.32 Å². The van der Waals surface area contributed by atoms with Crippen molar-refractivity contribution in [1.29, 1.82) is 0 Å². The van der Waals surface area contributed by atoms with Crippen molar-refractivity contribution in [3.8, 4) is 0 Å². The molecule has 0 aliphatic heterocycles. The van der Waals surface area contributed by atoms with Gasteiger partial charge in [-0.2, -0.15) is 0 Å². The Morgan fingerprint density at radius 1 is 1.30 bits per heavy atom. The monoisotopic (exact) mass is 277 g/mol. The molecule has 2 aromatic rings. The number of anilines is 1. The van der Waals surface area contributed by atoms with Gasteiger partial charge in [-0.15, -0.1) is 0 Å². The van der Waals surface area contributed by atoms with Gasteiger partial charge in [-0.1, -0.05) is 12.1 Å². The number of hydrogen-bond acceptors (Lipinski definition) is 4. The van der Waals surface area contributed by atoms with Crippen LogP contribution >= 0.6 is 0 Å². The topological polar surface area (TPSA) is 93.5 Å². The van der Waals surface area contributed by atoms with E-state index in [-0.39, 0.29) is 5.95 Å². The third-order valence-electron chi connectivity index (χ3n) is 2.36. The first-order valence-corrected chi connectivity index (χ1v) is 5.99. The molecule has 0 aliphatic rings. The molecule has 0 saturated heterocycles. The Kier molecular flexibility index (Phi) is 3.35. The van der Waals surface area contributed by atoms with Gasteiger partial charge >= 0.3 is 12.2 Å². The summed E-state index contributed by atoms with van der Waals surface area (Å²) in [5.41, 5.74) is 0.191. The zero-order valence-corrected chi connectivity index (χ0v) is 11.4. The van der Waals surface area contributed by atoms with Crippen molar-refractivity contribution >= 4 is 29.2 Å². The van der Waals surface area contributed by atoms with E-state index < -0.39 is 17.8 Å². The van der Waals surface area contributed by atoms with E-state index in [0.717, 1.165) is 4.57 Å². The summed E-state index contributed by atoms with van der Waals surface area (Å²) in [6.45, 7) is 5.15. The smallest absolute Gasteiger partial charge is 0.418 e. The number of nitrogens with one attached hydrogen (secondary N) is 1. The molecule has 1 amide bonds. The zero-order chi connectivity index (χ0) is 14.9. The number of amides is 1. The van der Waals surface area contributed by atoms with E-state index in [1.54, 1.807) is 45.0 Å². The Hall–Kier alpha value is -2.57. The van der Waals surface area contributed by atoms with E-state index in [1.165, 1.54) is 0 Å². The summed E-state index contributed by atoms with van der Waals surface area (Å²) < 4.78 is 5.98. The number of rotatable bonds is 1. The molecule has 1 aromatic carbocycles. The molecule has 0 fully saturated rings. The van der Waals surface area contributed by atoms with Gasteiger partial charge < -0.3 is 9.84 Å². The first-order valence-electron chi connectivity index (χ1n) is 5.99. The van der Waals surface area contributed by atoms with Crippen molar-refractivity contribution in [2.45, 2.75) is 26.4 Å². The van der Waals surface area contributed by atoms with E-state index in [4.69, 9.17) is 4.74 Å². The molecule has 106 valence electrons. The van der Waals surface area contributed by atoms with Crippen molar-refractivity contribution in [1.82, 2.24) is 9.55 Å². The second-order valence-electron chi connectivity index (χ2n) is 5.17. The summed E-state index contributed by atoms with van der Waals surface area (Å²) >= 11 is 0. The van der Waals surface area contributed by atoms with E-state index in [9.17, 15) is 14.7 Å². The molecule has 0 bridgehead atoms. The molecule has 7 nitrogen and oxygen atoms in total. The number of benzene rings is 1. The van der Waals surface area contributed by atoms with Crippen LogP contribution in [0, 0.1) is 0 Å². The standard InChI is InChI=1S/C13H15N3O4/c1-13(2,3)20-11(17)15-10-14-8-6-4-5-7-9(8)16(10)12(18)19/h4-7H,1-3H3,(H,18,19)(H,14,15,17). The van der Waals surface area contributed by atoms with Crippen LogP contribution in [0.1, 0.15) is 20.8 Å². The van der Waals surface area contributed by atoms with Crippen LogP contribution in [0.3, 0.4) is 0 Å². The normalized spacial score (nSPS) is 11.3. The number of hydrogen-bond donors (Lipinski definition) is 2. The number of carbonyl (C=O) groups is 2. The maximum atomic E-state index is 11.7. The highest BCUT2D eigenvalue weighted by Crippen LogP contribution is 2.20. The molecule has 0 spiro atoms. The largest absolute Gasteiger partial charge is 0.464 e. The summed E-state index contributed by atoms with van der Waals surface area (Å²) in [5.74, 6) is -0.0899. The lowest BCUT2D eigenvalue weighted by atomic mass is 10.2. The number of imidazole rings is 1. The maximum Gasteiger partial charge on any atom is 0.418 e. The fourth-order valence-corrected chi connectivity index (χ4v) is 1.70. The van der Waals surface area contributed by atoms with Gasteiger partial charge in [0.15, 0.2) is 0 Å². The van der Waals surface area contributed by atoms with Gasteiger partial charge in [0, 0.05) is 0 Å². The summed E-state index contributed by atoms with van der Waals surface area (Å²) in [4.78, 5) is 27.1. The zero-order valence-electron chi connectivity index (χ0n) is 11.4. The molecule has 0 unspecified atom stereocenters. The minimum atomic E-state index is -1.23. The summed E-state index contributed by atoms with van der Waals surface area (Å²) in [5, 5.41) is 11.6. The lowest BCUT2D eigenvalue weighted by Crippen LogP contribution is -2.28. The van der Waals surface area contributed by atoms with Crippen LogP contribution in [0.15, 0.2) is 24.3 Å². The van der Waals surface area contributed by atoms with Crippen LogP contribution in [-0.4, -0.2) is 32.4 Å². The van der Waals surface area contributed by atoms with Crippen molar-refractivity contribution in [3.05, 3.63) is 24.3 Å². The van der Waals surface area contributed by atoms with E-state index in [2.05, 4.69) is 10.3 Å². The average Bonchev–Trinajstić information content (AvgIpc) is 2.63. The molecule has 2 rings (SSSR count). The Morgan fingerprint density at radius 2 is 1.95 bits per heavy atom. The minimum absolute atomic E-state index is 0.0899. The van der Waals surface area contributed by atoms with Crippen LogP contribution in [0.2, 0.25) is 0 Å². The number of para-hydroxylation sites is 2. The Morgan fingerprint density at radius 3 is 2.55 bits per heavy atom. The van der Waals surface area contributed by atoms with Gasteiger partial charge in [0.2, 0.25) is 5.95 Å². The van der Waals surface area contributed by atoms with Gasteiger partial charge in [0.05, 0.1) is 11.0 Å². The Labute approximate surface area is 115 Å². The highest BCUT2D eigenvalue weighted by molar-refractivity contribution is 5.93. The molecule has 0 aliphatic carbocycles. The van der Waals surface area contributed by atoms with Gasteiger partial charge in [0.1, 0.15) is 5.60 Å². The Bertz CT molecular complexity index is 670. The van der Waals surface area contributed by atoms with E-state index in [1.807, 2.05) is 0 Å². The second kappa shape index (κ2) is 4.84. The lowest BCUT2D eigenvalue weighted by Gasteiger charge is -2.19. The fraction of sp³-hybridized carbons (Fsp3) is 0.308. The molecule has 7 heteroatoms. The SMILES string of the molecule is CC(C)(C)OC(=O)Nc1nc2ccccc2n1C(=O)O. The van der Waals surface area contributed by atoms with Crippen molar-refractivity contribution in [3.63, 3.8) is 0 Å². The van der Waals surface area contributed by atoms with Gasteiger partial charge in [-0.05, 0) is 32.9 Å². The first kappa shape index (κ1) is 13.9. The van der Waals surface area contributed by atoms with E-state index >= 15 is 0 Å². The maximum absolute atomic E-state index is 11.7. The molecule has 1 heterocycles. The van der Waals surface area contributed by atoms with Crippen molar-refractivity contribution in [2.24, 2.45) is 0 Å². The molecular formula is C13H15N3O4. The molecular weight excluding hydrogens is 262 g/mol. The highest BCUT2D eigenvalue weighted by atomic mass is 16.6. The number of aromatic nitrogens is 2. The third-order valence-corrected chi connectivity index (χ3v) is 2.36. The number of nitrogens with zero attached hydrogens (tertiary/aromatic N) is 2. The van der Waals surface area contributed by atoms with Crippen molar-refractivity contribution in [2.75, 3.05) is 5.32 Å². The van der Waals surface area contributed by atoms with Gasteiger partial charge in [-0.25, -0.2) is 19.1 Å². The number of carbonyl (C=O) groups excluding carboxylic acids is 1. The number of carboxylic acid groups (broad SMARTS) is 1.